The molecule has 7 nitrogen and oxygen atoms in total. The summed E-state index contributed by atoms with van der Waals surface area (Å²) in [7, 11) is -4.13. The second-order valence-corrected chi connectivity index (χ2v) is 6.93. The maximum Gasteiger partial charge on any atom is 0.335 e. The molecule has 0 unspecified atom stereocenters. The normalized spacial score (nSPS) is 10.7. The maximum atomic E-state index is 11.0. The van der Waals surface area contributed by atoms with E-state index in [4.69, 9.17) is 14.8 Å². The predicted octanol–water partition coefficient (Wildman–Crippen LogP) is 3.48. The highest BCUT2D eigenvalue weighted by Crippen LogP contribution is 2.22. The Bertz CT molecular complexity index is 1080. The van der Waals surface area contributed by atoms with Crippen molar-refractivity contribution >= 4 is 32.8 Å². The molecule has 0 aliphatic rings. The van der Waals surface area contributed by atoms with E-state index in [9.17, 15) is 18.0 Å². The number of carboxylic acids is 2. The summed E-state index contributed by atoms with van der Waals surface area (Å²) in [6, 6.07) is 16.0. The SMILES string of the molecule is Cc1c(C(=O)O)cccc1C(=O)O.O=S(=O)(O)c1cccc2ccccc12. The summed E-state index contributed by atoms with van der Waals surface area (Å²) in [5.74, 6) is -2.22. The van der Waals surface area contributed by atoms with Gasteiger partial charge in [0.15, 0.2) is 0 Å². The predicted molar refractivity (Wildman–Crippen MR) is 98.9 cm³/mol. The first-order valence-corrected chi connectivity index (χ1v) is 9.08. The van der Waals surface area contributed by atoms with Crippen molar-refractivity contribution in [1.82, 2.24) is 0 Å². The Morgan fingerprint density at radius 1 is 0.778 bits per heavy atom. The van der Waals surface area contributed by atoms with Gasteiger partial charge in [0.1, 0.15) is 4.90 Å². The van der Waals surface area contributed by atoms with E-state index in [1.807, 2.05) is 6.07 Å². The van der Waals surface area contributed by atoms with Crippen molar-refractivity contribution in [3.63, 3.8) is 0 Å². The van der Waals surface area contributed by atoms with E-state index in [1.54, 1.807) is 30.3 Å². The van der Waals surface area contributed by atoms with Gasteiger partial charge in [0.25, 0.3) is 10.1 Å². The molecule has 0 fully saturated rings. The van der Waals surface area contributed by atoms with Gasteiger partial charge in [-0.15, -0.1) is 0 Å². The second-order valence-electron chi connectivity index (χ2n) is 5.54. The molecule has 0 bridgehead atoms. The topological polar surface area (TPSA) is 129 Å². The Morgan fingerprint density at radius 3 is 1.78 bits per heavy atom. The first kappa shape index (κ1) is 20.1. The number of aromatic carboxylic acids is 2. The highest BCUT2D eigenvalue weighted by Gasteiger charge is 2.14. The second kappa shape index (κ2) is 7.98. The first-order chi connectivity index (χ1) is 12.6. The van der Waals surface area contributed by atoms with Crippen molar-refractivity contribution in [1.29, 1.82) is 0 Å². The third-order valence-electron chi connectivity index (χ3n) is 3.82. The molecule has 0 aromatic heterocycles. The van der Waals surface area contributed by atoms with Crippen LogP contribution in [0.4, 0.5) is 0 Å². The van der Waals surface area contributed by atoms with E-state index in [2.05, 4.69) is 0 Å². The maximum absolute atomic E-state index is 11.0. The monoisotopic (exact) mass is 388 g/mol. The molecular formula is C19H16O7S. The van der Waals surface area contributed by atoms with E-state index in [1.165, 1.54) is 31.2 Å². The molecule has 0 saturated heterocycles. The van der Waals surface area contributed by atoms with Crippen molar-refractivity contribution in [2.45, 2.75) is 11.8 Å². The Hall–Kier alpha value is -3.23. The van der Waals surface area contributed by atoms with E-state index >= 15 is 0 Å². The molecule has 0 heterocycles. The van der Waals surface area contributed by atoms with Crippen LogP contribution in [0.5, 0.6) is 0 Å². The minimum atomic E-state index is -4.13. The average Bonchev–Trinajstić information content (AvgIpc) is 2.60. The van der Waals surface area contributed by atoms with Gasteiger partial charge in [0, 0.05) is 5.39 Å². The average molecular weight is 388 g/mol. The van der Waals surface area contributed by atoms with Crippen LogP contribution < -0.4 is 0 Å². The van der Waals surface area contributed by atoms with Crippen molar-refractivity contribution in [3.05, 3.63) is 77.4 Å². The number of hydrogen-bond acceptors (Lipinski definition) is 4. The molecule has 0 aliphatic heterocycles. The van der Waals surface area contributed by atoms with E-state index in [-0.39, 0.29) is 21.6 Å². The molecule has 0 aliphatic carbocycles. The fourth-order valence-corrected chi connectivity index (χ4v) is 3.23. The van der Waals surface area contributed by atoms with Crippen LogP contribution in [0.1, 0.15) is 26.3 Å². The molecule has 0 saturated carbocycles. The van der Waals surface area contributed by atoms with Gasteiger partial charge in [0.2, 0.25) is 0 Å². The largest absolute Gasteiger partial charge is 0.478 e. The van der Waals surface area contributed by atoms with Gasteiger partial charge in [-0.2, -0.15) is 8.42 Å². The molecule has 0 radical (unpaired) electrons. The highest BCUT2D eigenvalue weighted by atomic mass is 32.2. The third kappa shape index (κ3) is 4.69. The highest BCUT2D eigenvalue weighted by molar-refractivity contribution is 7.86. The smallest absolute Gasteiger partial charge is 0.335 e. The van der Waals surface area contributed by atoms with Gasteiger partial charge in [-0.25, -0.2) is 9.59 Å². The summed E-state index contributed by atoms with van der Waals surface area (Å²) < 4.78 is 31.0. The molecular weight excluding hydrogens is 372 g/mol. The first-order valence-electron chi connectivity index (χ1n) is 7.64. The summed E-state index contributed by atoms with van der Waals surface area (Å²) in [5.41, 5.74) is 0.335. The summed E-state index contributed by atoms with van der Waals surface area (Å²) in [5, 5.41) is 18.7. The molecule has 0 spiro atoms. The van der Waals surface area contributed by atoms with Crippen LogP contribution in [0.15, 0.2) is 65.6 Å². The quantitative estimate of drug-likeness (QED) is 0.586. The van der Waals surface area contributed by atoms with Crippen LogP contribution in [0.2, 0.25) is 0 Å². The fourth-order valence-electron chi connectivity index (χ4n) is 2.52. The Labute approximate surface area is 155 Å². The Kier molecular flexibility index (Phi) is 5.94. The molecule has 8 heteroatoms. The molecule has 3 N–H and O–H groups in total. The lowest BCUT2D eigenvalue weighted by Gasteiger charge is -2.03. The van der Waals surface area contributed by atoms with Crippen LogP contribution in [0.25, 0.3) is 10.8 Å². The number of carboxylic acid groups (broad SMARTS) is 2. The zero-order valence-electron chi connectivity index (χ0n) is 14.2. The molecule has 0 atom stereocenters. The summed E-state index contributed by atoms with van der Waals surface area (Å²) in [4.78, 5) is 21.2. The van der Waals surface area contributed by atoms with Crippen molar-refractivity contribution in [2.75, 3.05) is 0 Å². The van der Waals surface area contributed by atoms with Gasteiger partial charge in [-0.05, 0) is 36.1 Å². The fraction of sp³-hybridized carbons (Fsp3) is 0.0526. The number of benzene rings is 3. The lowest BCUT2D eigenvalue weighted by molar-refractivity contribution is 0.0696. The van der Waals surface area contributed by atoms with Crippen molar-refractivity contribution in [2.24, 2.45) is 0 Å². The van der Waals surface area contributed by atoms with Gasteiger partial charge >= 0.3 is 11.9 Å². The van der Waals surface area contributed by atoms with Crippen molar-refractivity contribution in [3.8, 4) is 0 Å². The molecule has 0 amide bonds. The lowest BCUT2D eigenvalue weighted by Crippen LogP contribution is -2.06. The molecule has 3 aromatic carbocycles. The van der Waals surface area contributed by atoms with Crippen LogP contribution in [0.3, 0.4) is 0 Å². The van der Waals surface area contributed by atoms with E-state index in [0.29, 0.717) is 5.39 Å². The minimum Gasteiger partial charge on any atom is -0.478 e. The molecule has 27 heavy (non-hydrogen) atoms. The Morgan fingerprint density at radius 2 is 1.26 bits per heavy atom. The third-order valence-corrected chi connectivity index (χ3v) is 4.73. The van der Waals surface area contributed by atoms with Crippen LogP contribution in [0, 0.1) is 6.92 Å². The van der Waals surface area contributed by atoms with Gasteiger partial charge in [-0.1, -0.05) is 42.5 Å². The van der Waals surface area contributed by atoms with E-state index < -0.39 is 22.1 Å². The summed E-state index contributed by atoms with van der Waals surface area (Å²) in [6.45, 7) is 1.48. The van der Waals surface area contributed by atoms with Crippen LogP contribution in [-0.4, -0.2) is 35.1 Å². The van der Waals surface area contributed by atoms with Gasteiger partial charge in [0.05, 0.1) is 11.1 Å². The van der Waals surface area contributed by atoms with Crippen LogP contribution >= 0.6 is 0 Å². The zero-order valence-corrected chi connectivity index (χ0v) is 15.0. The van der Waals surface area contributed by atoms with Crippen molar-refractivity contribution < 1.29 is 32.8 Å². The number of carbonyl (C=O) groups is 2. The summed E-state index contributed by atoms with van der Waals surface area (Å²) >= 11 is 0. The Balaban J connectivity index is 0.000000194. The minimum absolute atomic E-state index is 0.0277. The zero-order chi connectivity index (χ0) is 20.2. The molecule has 3 aromatic rings. The summed E-state index contributed by atoms with van der Waals surface area (Å²) in [6.07, 6.45) is 0. The van der Waals surface area contributed by atoms with E-state index in [0.717, 1.165) is 5.39 Å². The van der Waals surface area contributed by atoms with Gasteiger partial charge < -0.3 is 10.2 Å². The number of fused-ring (bicyclic) bond motifs is 1. The number of hydrogen-bond donors (Lipinski definition) is 3. The van der Waals surface area contributed by atoms with Crippen LogP contribution in [-0.2, 0) is 10.1 Å². The number of rotatable bonds is 3. The molecule has 3 rings (SSSR count). The standard InChI is InChI=1S/C10H8O3S.C9H8O4/c11-14(12,13)10-7-3-5-8-4-1-2-6-9(8)10;1-5-6(8(10)11)3-2-4-7(5)9(12)13/h1-7H,(H,11,12,13);2-4H,1H3,(H,10,11)(H,12,13). The lowest BCUT2D eigenvalue weighted by atomic mass is 10.0. The molecule has 140 valence electrons. The van der Waals surface area contributed by atoms with Gasteiger partial charge in [-0.3, -0.25) is 4.55 Å².